The molecule has 3 aromatic heterocycles. The fraction of sp³-hybridized carbons (Fsp3) is 0.292. The van der Waals surface area contributed by atoms with Gasteiger partial charge in [-0.3, -0.25) is 23.8 Å². The molecule has 8 rings (SSSR count). The van der Waals surface area contributed by atoms with Crippen molar-refractivity contribution in [2.24, 2.45) is 0 Å². The zero-order valence-electron chi connectivity index (χ0n) is 34.6. The predicted molar refractivity (Wildman–Crippen MR) is 237 cm³/mol. The van der Waals surface area contributed by atoms with Crippen LogP contribution < -0.4 is 36.3 Å². The van der Waals surface area contributed by atoms with E-state index in [0.717, 1.165) is 62.9 Å². The maximum atomic E-state index is 13.4. The normalized spacial score (nSPS) is 16.0. The summed E-state index contributed by atoms with van der Waals surface area (Å²) in [5.74, 6) is 1.17. The van der Waals surface area contributed by atoms with Gasteiger partial charge in [-0.1, -0.05) is 48.0 Å². The topological polar surface area (TPSA) is 172 Å². The number of rotatable bonds is 16. The highest BCUT2D eigenvalue weighted by molar-refractivity contribution is 6.32. The molecule has 0 unspecified atom stereocenters. The summed E-state index contributed by atoms with van der Waals surface area (Å²) in [4.78, 5) is 45.4. The van der Waals surface area contributed by atoms with Gasteiger partial charge in [-0.25, -0.2) is 4.98 Å². The van der Waals surface area contributed by atoms with Gasteiger partial charge in [-0.2, -0.15) is 5.26 Å². The van der Waals surface area contributed by atoms with Crippen LogP contribution >= 0.6 is 11.6 Å². The Morgan fingerprint density at radius 1 is 0.774 bits per heavy atom. The molecule has 0 aliphatic carbocycles. The zero-order chi connectivity index (χ0) is 43.2. The molecule has 4 N–H and O–H groups in total. The molecule has 0 radical (unpaired) electrons. The van der Waals surface area contributed by atoms with Crippen molar-refractivity contribution < 1.29 is 19.1 Å². The maximum absolute atomic E-state index is 13.4. The summed E-state index contributed by atoms with van der Waals surface area (Å²) in [6, 6.07) is 23.9. The molecule has 316 valence electrons. The van der Waals surface area contributed by atoms with E-state index >= 15 is 0 Å². The second-order valence-corrected chi connectivity index (χ2v) is 16.2. The van der Waals surface area contributed by atoms with E-state index in [9.17, 15) is 19.6 Å². The van der Waals surface area contributed by atoms with Gasteiger partial charge < -0.3 is 30.7 Å². The molecule has 2 fully saturated rings. The summed E-state index contributed by atoms with van der Waals surface area (Å²) in [5.41, 5.74) is 10.3. The zero-order valence-corrected chi connectivity index (χ0v) is 35.4. The SMILES string of the molecule is Cc1c(COc2cc(OCc3cncc(C#N)c3)c(CNC[C@@H]3CCC(=O)N3)cc2Cl)cccc1-c1cccc(-c2ccn3c(=O)c(CNC[C@H]4CCC(=O)N4)cnc3c2)c1C. The first-order valence-corrected chi connectivity index (χ1v) is 21.1. The highest BCUT2D eigenvalue weighted by atomic mass is 35.5. The molecule has 0 bridgehead atoms. The second-order valence-electron chi connectivity index (χ2n) is 15.8. The Hall–Kier alpha value is -6.59. The molecule has 13 nitrogen and oxygen atoms in total. The Balaban J connectivity index is 0.985. The summed E-state index contributed by atoms with van der Waals surface area (Å²) in [6.45, 7) is 6.66. The smallest absolute Gasteiger partial charge is 0.262 e. The summed E-state index contributed by atoms with van der Waals surface area (Å²) in [5, 5.41) is 22.4. The molecule has 14 heteroatoms. The first kappa shape index (κ1) is 42.1. The van der Waals surface area contributed by atoms with Crippen molar-refractivity contribution in [3.05, 3.63) is 146 Å². The van der Waals surface area contributed by atoms with Gasteiger partial charge in [0.15, 0.2) is 0 Å². The molecule has 62 heavy (non-hydrogen) atoms. The lowest BCUT2D eigenvalue weighted by atomic mass is 9.90. The van der Waals surface area contributed by atoms with E-state index in [0.29, 0.717) is 72.3 Å². The van der Waals surface area contributed by atoms with Crippen molar-refractivity contribution in [3.63, 3.8) is 0 Å². The number of pyridine rings is 2. The Morgan fingerprint density at radius 3 is 2.16 bits per heavy atom. The van der Waals surface area contributed by atoms with Crippen molar-refractivity contribution in [1.29, 1.82) is 5.26 Å². The van der Waals surface area contributed by atoms with E-state index in [1.54, 1.807) is 35.1 Å². The van der Waals surface area contributed by atoms with Crippen molar-refractivity contribution in [3.8, 4) is 39.8 Å². The number of amides is 2. The lowest BCUT2D eigenvalue weighted by Crippen LogP contribution is -2.36. The van der Waals surface area contributed by atoms with Crippen LogP contribution in [0, 0.1) is 25.2 Å². The lowest BCUT2D eigenvalue weighted by Gasteiger charge is -2.19. The minimum absolute atomic E-state index is 0.0651. The van der Waals surface area contributed by atoms with Gasteiger partial charge in [0.25, 0.3) is 5.56 Å². The van der Waals surface area contributed by atoms with Gasteiger partial charge in [-0.05, 0) is 89.9 Å². The third kappa shape index (κ3) is 9.63. The first-order valence-electron chi connectivity index (χ1n) is 20.7. The fourth-order valence-electron chi connectivity index (χ4n) is 8.10. The van der Waals surface area contributed by atoms with Gasteiger partial charge in [0.2, 0.25) is 11.8 Å². The van der Waals surface area contributed by atoms with E-state index in [-0.39, 0.29) is 42.7 Å². The van der Waals surface area contributed by atoms with E-state index in [4.69, 9.17) is 21.1 Å². The van der Waals surface area contributed by atoms with Crippen molar-refractivity contribution in [1.82, 2.24) is 35.6 Å². The number of hydrogen-bond donors (Lipinski definition) is 4. The van der Waals surface area contributed by atoms with E-state index in [1.807, 2.05) is 36.4 Å². The minimum atomic E-state index is -0.130. The average molecular weight is 851 g/mol. The second kappa shape index (κ2) is 19.0. The highest BCUT2D eigenvalue weighted by Gasteiger charge is 2.22. The molecular weight excluding hydrogens is 804 g/mol. The van der Waals surface area contributed by atoms with Crippen LogP contribution in [0.4, 0.5) is 0 Å². The summed E-state index contributed by atoms with van der Waals surface area (Å²) in [7, 11) is 0. The number of fused-ring (bicyclic) bond motifs is 1. The maximum Gasteiger partial charge on any atom is 0.262 e. The van der Waals surface area contributed by atoms with Crippen molar-refractivity contribution in [2.75, 3.05) is 13.1 Å². The predicted octanol–water partition coefficient (Wildman–Crippen LogP) is 6.46. The molecule has 2 amide bonds. The largest absolute Gasteiger partial charge is 0.488 e. The molecule has 2 aliphatic heterocycles. The molecule has 3 aromatic carbocycles. The number of hydrogen-bond acceptors (Lipinski definition) is 10. The van der Waals surface area contributed by atoms with Crippen LogP contribution in [-0.2, 0) is 35.9 Å². The van der Waals surface area contributed by atoms with Gasteiger partial charge in [0.05, 0.1) is 10.6 Å². The Morgan fingerprint density at radius 2 is 1.45 bits per heavy atom. The minimum Gasteiger partial charge on any atom is -0.488 e. The monoisotopic (exact) mass is 850 g/mol. The van der Waals surface area contributed by atoms with Gasteiger partial charge >= 0.3 is 0 Å². The van der Waals surface area contributed by atoms with Crippen molar-refractivity contribution in [2.45, 2.75) is 77.9 Å². The van der Waals surface area contributed by atoms with Crippen LogP contribution in [0.1, 0.15) is 64.6 Å². The Labute approximate surface area is 364 Å². The number of ether oxygens (including phenoxy) is 2. The van der Waals surface area contributed by atoms with Gasteiger partial charge in [0, 0.05) is 98.6 Å². The van der Waals surface area contributed by atoms with Crippen LogP contribution in [0.15, 0.2) is 96.3 Å². The third-order valence-corrected chi connectivity index (χ3v) is 11.9. The standard InChI is InChI=1S/C48H47ClN8O5/c1-29-34(28-62-44-18-43(61-27-32-15-31(19-50)20-51-21-32)35(16-42(44)49)22-52-25-37-9-11-46(58)55-37)5-3-7-40(29)41-8-4-6-39(30(41)2)33-13-14-57-45(17-33)54-24-36(48(57)60)23-53-26-38-10-12-47(59)56-38/h3-8,13-18,20-21,24,37-38,52-53H,9-12,22-23,25-28H2,1-2H3,(H,55,58)(H,56,59)/t37-,38+/m0/s1. The molecule has 2 saturated heterocycles. The molecule has 2 atom stereocenters. The number of carbonyl (C=O) groups is 2. The van der Waals surface area contributed by atoms with Gasteiger partial charge in [0.1, 0.15) is 36.4 Å². The molecule has 2 aliphatic rings. The summed E-state index contributed by atoms with van der Waals surface area (Å²) < 4.78 is 14.3. The summed E-state index contributed by atoms with van der Waals surface area (Å²) >= 11 is 6.86. The number of benzene rings is 3. The number of nitriles is 1. The lowest BCUT2D eigenvalue weighted by molar-refractivity contribution is -0.120. The quantitative estimate of drug-likeness (QED) is 0.0848. The molecule has 5 heterocycles. The molecule has 6 aromatic rings. The van der Waals surface area contributed by atoms with Crippen LogP contribution in [0.2, 0.25) is 5.02 Å². The summed E-state index contributed by atoms with van der Waals surface area (Å²) in [6.07, 6.45) is 9.23. The average Bonchev–Trinajstić information content (AvgIpc) is 3.90. The highest BCUT2D eigenvalue weighted by Crippen LogP contribution is 2.37. The molecular formula is C48H47ClN8O5. The first-order chi connectivity index (χ1) is 30.1. The number of carbonyl (C=O) groups excluding carboxylic acids is 2. The van der Waals surface area contributed by atoms with E-state index in [1.165, 1.54) is 6.20 Å². The number of aromatic nitrogens is 3. The third-order valence-electron chi connectivity index (χ3n) is 11.6. The van der Waals surface area contributed by atoms with Crippen LogP contribution in [-0.4, -0.2) is 51.4 Å². The number of nitrogens with one attached hydrogen (secondary N) is 4. The Kier molecular flexibility index (Phi) is 12.9. The number of halogens is 1. The Bertz CT molecular complexity index is 2770. The van der Waals surface area contributed by atoms with Crippen molar-refractivity contribution >= 4 is 29.1 Å². The van der Waals surface area contributed by atoms with Crippen LogP contribution in [0.5, 0.6) is 11.5 Å². The van der Waals surface area contributed by atoms with Gasteiger partial charge in [-0.15, -0.1) is 0 Å². The molecule has 0 spiro atoms. The van der Waals surface area contributed by atoms with Crippen LogP contribution in [0.3, 0.4) is 0 Å². The number of nitrogens with zero attached hydrogens (tertiary/aromatic N) is 4. The van der Waals surface area contributed by atoms with Crippen LogP contribution in [0.25, 0.3) is 27.9 Å². The van der Waals surface area contributed by atoms with E-state index in [2.05, 4.69) is 69.4 Å². The van der Waals surface area contributed by atoms with E-state index < -0.39 is 0 Å². The molecule has 0 saturated carbocycles. The fourth-order valence-corrected chi connectivity index (χ4v) is 8.34.